The Balaban J connectivity index is 1.96. The summed E-state index contributed by atoms with van der Waals surface area (Å²) in [7, 11) is 0. The minimum absolute atomic E-state index is 0.000745. The molecule has 1 N–H and O–H groups in total. The first kappa shape index (κ1) is 14.8. The molecule has 1 aliphatic heterocycles. The van der Waals surface area contributed by atoms with Gasteiger partial charge in [0.15, 0.2) is 0 Å². The van der Waals surface area contributed by atoms with Gasteiger partial charge in [-0.15, -0.1) is 0 Å². The summed E-state index contributed by atoms with van der Waals surface area (Å²) in [5, 5.41) is 2.36. The van der Waals surface area contributed by atoms with Crippen LogP contribution < -0.4 is 5.32 Å². The molecule has 20 heavy (non-hydrogen) atoms. The highest BCUT2D eigenvalue weighted by Gasteiger charge is 2.48. The highest BCUT2D eigenvalue weighted by Crippen LogP contribution is 2.31. The van der Waals surface area contributed by atoms with Gasteiger partial charge in [0.1, 0.15) is 12.6 Å². The number of alkyl halides is 3. The third-order valence-electron chi connectivity index (χ3n) is 3.34. The highest BCUT2D eigenvalue weighted by atomic mass is 19.4. The van der Waals surface area contributed by atoms with Crippen LogP contribution in [0.5, 0.6) is 0 Å². The van der Waals surface area contributed by atoms with Crippen molar-refractivity contribution in [2.24, 2.45) is 5.92 Å². The topological polar surface area (TPSA) is 38.3 Å². The van der Waals surface area contributed by atoms with Crippen LogP contribution in [0.3, 0.4) is 0 Å². The monoisotopic (exact) mass is 287 g/mol. The van der Waals surface area contributed by atoms with Crippen molar-refractivity contribution in [2.45, 2.75) is 31.7 Å². The van der Waals surface area contributed by atoms with Gasteiger partial charge in [-0.05, 0) is 24.9 Å². The van der Waals surface area contributed by atoms with Crippen LogP contribution in [-0.4, -0.2) is 24.7 Å². The molecule has 2 rings (SSSR count). The molecule has 3 nitrogen and oxygen atoms in total. The van der Waals surface area contributed by atoms with Crippen LogP contribution in [0, 0.1) is 5.92 Å². The number of esters is 1. The fourth-order valence-corrected chi connectivity index (χ4v) is 2.32. The maximum Gasteiger partial charge on any atom is 0.404 e. The Bertz CT molecular complexity index is 447. The van der Waals surface area contributed by atoms with Crippen LogP contribution in [0.1, 0.15) is 18.4 Å². The fraction of sp³-hybridized carbons (Fsp3) is 0.500. The molecular formula is C14H16F3NO2. The van der Waals surface area contributed by atoms with Crippen molar-refractivity contribution in [2.75, 3.05) is 6.54 Å². The number of piperidine rings is 1. The van der Waals surface area contributed by atoms with Crippen LogP contribution in [0.15, 0.2) is 30.3 Å². The van der Waals surface area contributed by atoms with Gasteiger partial charge < -0.3 is 10.1 Å². The van der Waals surface area contributed by atoms with E-state index in [0.717, 1.165) is 5.56 Å². The van der Waals surface area contributed by atoms with Gasteiger partial charge in [-0.3, -0.25) is 4.79 Å². The molecule has 1 aromatic carbocycles. The molecule has 1 heterocycles. The number of carbonyl (C=O) groups excluding carboxylic acids is 1. The lowest BCUT2D eigenvalue weighted by Crippen LogP contribution is -2.53. The van der Waals surface area contributed by atoms with E-state index in [2.05, 4.69) is 5.32 Å². The quantitative estimate of drug-likeness (QED) is 0.869. The third-order valence-corrected chi connectivity index (χ3v) is 3.34. The molecule has 0 amide bonds. The first-order valence-corrected chi connectivity index (χ1v) is 6.49. The van der Waals surface area contributed by atoms with Crippen LogP contribution in [-0.2, 0) is 16.1 Å². The molecule has 1 saturated heterocycles. The molecule has 6 heteroatoms. The average Bonchev–Trinajstić information content (AvgIpc) is 2.45. The number of carbonyl (C=O) groups is 1. The zero-order valence-electron chi connectivity index (χ0n) is 10.8. The van der Waals surface area contributed by atoms with E-state index in [1.54, 1.807) is 24.3 Å². The van der Waals surface area contributed by atoms with Gasteiger partial charge in [0.25, 0.3) is 0 Å². The number of ether oxygens (including phenoxy) is 1. The lowest BCUT2D eigenvalue weighted by molar-refractivity contribution is -0.186. The van der Waals surface area contributed by atoms with Crippen molar-refractivity contribution in [3.8, 4) is 0 Å². The van der Waals surface area contributed by atoms with Crippen molar-refractivity contribution in [1.29, 1.82) is 0 Å². The Morgan fingerprint density at radius 1 is 1.30 bits per heavy atom. The fourth-order valence-electron chi connectivity index (χ4n) is 2.32. The maximum absolute atomic E-state index is 12.8. The van der Waals surface area contributed by atoms with Gasteiger partial charge in [0, 0.05) is 0 Å². The molecule has 2 atom stereocenters. The van der Waals surface area contributed by atoms with Gasteiger partial charge in [-0.2, -0.15) is 13.2 Å². The minimum atomic E-state index is -4.43. The van der Waals surface area contributed by atoms with E-state index in [1.807, 2.05) is 6.07 Å². The van der Waals surface area contributed by atoms with E-state index in [4.69, 9.17) is 4.74 Å². The Morgan fingerprint density at radius 3 is 2.65 bits per heavy atom. The van der Waals surface area contributed by atoms with Gasteiger partial charge in [-0.25, -0.2) is 0 Å². The number of hydrogen-bond acceptors (Lipinski definition) is 3. The molecule has 110 valence electrons. The van der Waals surface area contributed by atoms with E-state index in [9.17, 15) is 18.0 Å². The van der Waals surface area contributed by atoms with Crippen molar-refractivity contribution < 1.29 is 22.7 Å². The standard InChI is InChI=1S/C14H16F3NO2/c15-14(16,17)12-11(7-4-8-18-12)13(19)20-9-10-5-2-1-3-6-10/h1-3,5-6,11-12,18H,4,7-9H2. The first-order valence-electron chi connectivity index (χ1n) is 6.49. The lowest BCUT2D eigenvalue weighted by atomic mass is 9.90. The van der Waals surface area contributed by atoms with E-state index in [1.165, 1.54) is 0 Å². The molecule has 0 spiro atoms. The Labute approximate surface area is 115 Å². The number of rotatable bonds is 3. The predicted molar refractivity (Wildman–Crippen MR) is 66.8 cm³/mol. The van der Waals surface area contributed by atoms with E-state index in [0.29, 0.717) is 6.42 Å². The summed E-state index contributed by atoms with van der Waals surface area (Å²) in [5.41, 5.74) is 0.758. The van der Waals surface area contributed by atoms with Gasteiger partial charge >= 0.3 is 12.1 Å². The Morgan fingerprint density at radius 2 is 2.00 bits per heavy atom. The van der Waals surface area contributed by atoms with Crippen LogP contribution in [0.2, 0.25) is 0 Å². The normalized spacial score (nSPS) is 23.4. The summed E-state index contributed by atoms with van der Waals surface area (Å²) < 4.78 is 43.5. The summed E-state index contributed by atoms with van der Waals surface area (Å²) in [6, 6.07) is 7.09. The molecule has 0 radical (unpaired) electrons. The molecule has 0 aromatic heterocycles. The summed E-state index contributed by atoms with van der Waals surface area (Å²) in [5.74, 6) is -1.95. The molecule has 0 saturated carbocycles. The van der Waals surface area contributed by atoms with Crippen LogP contribution in [0.4, 0.5) is 13.2 Å². The second-order valence-corrected chi connectivity index (χ2v) is 4.82. The van der Waals surface area contributed by atoms with Gasteiger partial charge in [0.2, 0.25) is 0 Å². The lowest BCUT2D eigenvalue weighted by Gasteiger charge is -2.32. The predicted octanol–water partition coefficient (Wildman–Crippen LogP) is 2.66. The second kappa shape index (κ2) is 6.26. The molecule has 1 aliphatic rings. The van der Waals surface area contributed by atoms with Gasteiger partial charge in [0.05, 0.1) is 5.92 Å². The zero-order valence-corrected chi connectivity index (χ0v) is 10.8. The molecule has 1 fully saturated rings. The summed E-state index contributed by atoms with van der Waals surface area (Å²) in [6.45, 7) is 0.271. The van der Waals surface area contributed by atoms with E-state index >= 15 is 0 Å². The summed E-state index contributed by atoms with van der Waals surface area (Å²) >= 11 is 0. The molecule has 0 bridgehead atoms. The molecule has 2 unspecified atom stereocenters. The maximum atomic E-state index is 12.8. The smallest absolute Gasteiger partial charge is 0.404 e. The second-order valence-electron chi connectivity index (χ2n) is 4.82. The van der Waals surface area contributed by atoms with Crippen molar-refractivity contribution >= 4 is 5.97 Å². The summed E-state index contributed by atoms with van der Waals surface area (Å²) in [4.78, 5) is 11.9. The van der Waals surface area contributed by atoms with Crippen LogP contribution in [0.25, 0.3) is 0 Å². The summed E-state index contributed by atoms with van der Waals surface area (Å²) in [6.07, 6.45) is -3.70. The van der Waals surface area contributed by atoms with Gasteiger partial charge in [-0.1, -0.05) is 30.3 Å². The van der Waals surface area contributed by atoms with Crippen molar-refractivity contribution in [1.82, 2.24) is 5.32 Å². The zero-order chi connectivity index (χ0) is 14.6. The first-order chi connectivity index (χ1) is 9.48. The van der Waals surface area contributed by atoms with E-state index in [-0.39, 0.29) is 19.6 Å². The minimum Gasteiger partial charge on any atom is -0.461 e. The molecule has 0 aliphatic carbocycles. The van der Waals surface area contributed by atoms with Crippen molar-refractivity contribution in [3.63, 3.8) is 0 Å². The Kier molecular flexibility index (Phi) is 4.65. The molecule has 1 aromatic rings. The van der Waals surface area contributed by atoms with Crippen LogP contribution >= 0.6 is 0 Å². The number of hydrogen-bond donors (Lipinski definition) is 1. The number of nitrogens with one attached hydrogen (secondary N) is 1. The van der Waals surface area contributed by atoms with E-state index < -0.39 is 24.1 Å². The number of halogens is 3. The third kappa shape index (κ3) is 3.72. The number of benzene rings is 1. The highest BCUT2D eigenvalue weighted by molar-refractivity contribution is 5.73. The average molecular weight is 287 g/mol. The Hall–Kier alpha value is -1.56. The largest absolute Gasteiger partial charge is 0.461 e. The SMILES string of the molecule is O=C(OCc1ccccc1)C1CCCNC1C(F)(F)F. The van der Waals surface area contributed by atoms with Crippen molar-refractivity contribution in [3.05, 3.63) is 35.9 Å². The molecular weight excluding hydrogens is 271 g/mol.